The molecule has 2 aliphatic rings. The lowest BCUT2D eigenvalue weighted by Gasteiger charge is -2.31. The number of nitrogens with zero attached hydrogens (tertiary/aromatic N) is 5. The van der Waals surface area contributed by atoms with Crippen LogP contribution in [-0.2, 0) is 17.8 Å². The molecule has 1 aromatic carbocycles. The molecule has 1 amide bonds. The molecule has 2 aliphatic heterocycles. The van der Waals surface area contributed by atoms with Crippen molar-refractivity contribution in [2.45, 2.75) is 45.1 Å². The van der Waals surface area contributed by atoms with Gasteiger partial charge in [0, 0.05) is 57.2 Å². The first kappa shape index (κ1) is 22.5. The SMILES string of the molecule is CC(=O)N1CCc2nc(C3CCN(C)CC3)nc(NCCCN(C)c3ccccc3)c2C1. The topological polar surface area (TPSA) is 64.6 Å². The highest BCUT2D eigenvalue weighted by Crippen LogP contribution is 2.30. The summed E-state index contributed by atoms with van der Waals surface area (Å²) >= 11 is 0. The zero-order chi connectivity index (χ0) is 22.5. The number of para-hydroxylation sites is 1. The summed E-state index contributed by atoms with van der Waals surface area (Å²) in [6, 6.07) is 10.5. The van der Waals surface area contributed by atoms with Crippen molar-refractivity contribution >= 4 is 17.4 Å². The van der Waals surface area contributed by atoms with Crippen LogP contribution in [0.5, 0.6) is 0 Å². The first-order valence-corrected chi connectivity index (χ1v) is 11.8. The summed E-state index contributed by atoms with van der Waals surface area (Å²) in [5, 5.41) is 3.60. The normalized spacial score (nSPS) is 17.2. The molecule has 0 saturated carbocycles. The van der Waals surface area contributed by atoms with E-state index >= 15 is 0 Å². The molecule has 0 atom stereocenters. The van der Waals surface area contributed by atoms with Gasteiger partial charge in [0.25, 0.3) is 0 Å². The third-order valence-corrected chi connectivity index (χ3v) is 6.77. The summed E-state index contributed by atoms with van der Waals surface area (Å²) < 4.78 is 0. The van der Waals surface area contributed by atoms with Crippen molar-refractivity contribution in [1.29, 1.82) is 0 Å². The molecular weight excluding hydrogens is 400 g/mol. The molecule has 0 bridgehead atoms. The number of anilines is 2. The average molecular weight is 437 g/mol. The van der Waals surface area contributed by atoms with Crippen LogP contribution in [0, 0.1) is 0 Å². The van der Waals surface area contributed by atoms with Crippen molar-refractivity contribution in [1.82, 2.24) is 19.8 Å². The average Bonchev–Trinajstić information content (AvgIpc) is 2.82. The van der Waals surface area contributed by atoms with Crippen LogP contribution in [0.3, 0.4) is 0 Å². The van der Waals surface area contributed by atoms with Gasteiger partial charge in [-0.05, 0) is 51.5 Å². The zero-order valence-electron chi connectivity index (χ0n) is 19.7. The molecule has 1 aromatic heterocycles. The van der Waals surface area contributed by atoms with Crippen LogP contribution in [0.4, 0.5) is 11.5 Å². The first-order valence-electron chi connectivity index (χ1n) is 11.8. The summed E-state index contributed by atoms with van der Waals surface area (Å²) in [4.78, 5) is 28.5. The van der Waals surface area contributed by atoms with Crippen molar-refractivity contribution in [3.05, 3.63) is 47.4 Å². The van der Waals surface area contributed by atoms with Crippen molar-refractivity contribution in [2.75, 3.05) is 57.0 Å². The predicted molar refractivity (Wildman–Crippen MR) is 129 cm³/mol. The maximum absolute atomic E-state index is 12.0. The van der Waals surface area contributed by atoms with E-state index in [1.54, 1.807) is 6.92 Å². The quantitative estimate of drug-likeness (QED) is 0.673. The van der Waals surface area contributed by atoms with E-state index in [-0.39, 0.29) is 5.91 Å². The molecule has 7 nitrogen and oxygen atoms in total. The summed E-state index contributed by atoms with van der Waals surface area (Å²) in [5.74, 6) is 2.45. The van der Waals surface area contributed by atoms with Gasteiger partial charge in [-0.2, -0.15) is 0 Å². The fourth-order valence-electron chi connectivity index (χ4n) is 4.63. The zero-order valence-corrected chi connectivity index (χ0v) is 19.7. The molecule has 4 rings (SSSR count). The van der Waals surface area contributed by atoms with Crippen molar-refractivity contribution in [3.8, 4) is 0 Å². The molecular formula is C25H36N6O. The minimum absolute atomic E-state index is 0.116. The van der Waals surface area contributed by atoms with Gasteiger partial charge in [-0.1, -0.05) is 18.2 Å². The van der Waals surface area contributed by atoms with Crippen LogP contribution in [0.15, 0.2) is 30.3 Å². The maximum atomic E-state index is 12.0. The Balaban J connectivity index is 1.46. The lowest BCUT2D eigenvalue weighted by Crippen LogP contribution is -2.36. The van der Waals surface area contributed by atoms with E-state index < -0.39 is 0 Å². The van der Waals surface area contributed by atoms with Crippen molar-refractivity contribution in [2.24, 2.45) is 0 Å². The number of likely N-dealkylation sites (tertiary alicyclic amines) is 1. The molecule has 2 aromatic rings. The van der Waals surface area contributed by atoms with Crippen LogP contribution >= 0.6 is 0 Å². The van der Waals surface area contributed by atoms with Gasteiger partial charge in [0.15, 0.2) is 0 Å². The summed E-state index contributed by atoms with van der Waals surface area (Å²) in [6.07, 6.45) is 4.03. The number of amides is 1. The summed E-state index contributed by atoms with van der Waals surface area (Å²) in [5.41, 5.74) is 3.45. The minimum Gasteiger partial charge on any atom is -0.375 e. The van der Waals surface area contributed by atoms with Crippen molar-refractivity contribution in [3.63, 3.8) is 0 Å². The number of aromatic nitrogens is 2. The van der Waals surface area contributed by atoms with Gasteiger partial charge in [0.2, 0.25) is 5.91 Å². The predicted octanol–water partition coefficient (Wildman–Crippen LogP) is 3.13. The van der Waals surface area contributed by atoms with Gasteiger partial charge in [-0.3, -0.25) is 4.79 Å². The van der Waals surface area contributed by atoms with Gasteiger partial charge < -0.3 is 20.0 Å². The van der Waals surface area contributed by atoms with E-state index in [2.05, 4.69) is 53.5 Å². The fourth-order valence-corrected chi connectivity index (χ4v) is 4.63. The third kappa shape index (κ3) is 5.38. The van der Waals surface area contributed by atoms with E-state index in [1.807, 2.05) is 11.0 Å². The smallest absolute Gasteiger partial charge is 0.219 e. The molecule has 1 fully saturated rings. The Hall–Kier alpha value is -2.67. The highest BCUT2D eigenvalue weighted by Gasteiger charge is 2.27. The highest BCUT2D eigenvalue weighted by atomic mass is 16.2. The maximum Gasteiger partial charge on any atom is 0.219 e. The Morgan fingerprint density at radius 1 is 1.16 bits per heavy atom. The second-order valence-electron chi connectivity index (χ2n) is 9.16. The number of rotatable bonds is 7. The molecule has 1 saturated heterocycles. The third-order valence-electron chi connectivity index (χ3n) is 6.77. The number of carbonyl (C=O) groups excluding carboxylic acids is 1. The fraction of sp³-hybridized carbons (Fsp3) is 0.560. The Labute approximate surface area is 191 Å². The Morgan fingerprint density at radius 2 is 1.91 bits per heavy atom. The Morgan fingerprint density at radius 3 is 2.62 bits per heavy atom. The number of benzene rings is 1. The number of fused-ring (bicyclic) bond motifs is 1. The number of nitrogens with one attached hydrogen (secondary N) is 1. The van der Waals surface area contributed by atoms with Gasteiger partial charge in [-0.15, -0.1) is 0 Å². The molecule has 172 valence electrons. The number of piperidine rings is 1. The van der Waals surface area contributed by atoms with Crippen molar-refractivity contribution < 1.29 is 4.79 Å². The van der Waals surface area contributed by atoms with Gasteiger partial charge in [-0.25, -0.2) is 9.97 Å². The number of carbonyl (C=O) groups is 1. The lowest BCUT2D eigenvalue weighted by molar-refractivity contribution is -0.129. The molecule has 32 heavy (non-hydrogen) atoms. The van der Waals surface area contributed by atoms with E-state index in [9.17, 15) is 4.79 Å². The lowest BCUT2D eigenvalue weighted by atomic mass is 9.95. The van der Waals surface area contributed by atoms with Crippen LogP contribution in [0.1, 0.15) is 49.2 Å². The van der Waals surface area contributed by atoms with Gasteiger partial charge in [0.1, 0.15) is 11.6 Å². The Bertz CT molecular complexity index is 910. The second kappa shape index (κ2) is 10.3. The molecule has 1 N–H and O–H groups in total. The molecule has 0 spiro atoms. The Kier molecular flexibility index (Phi) is 7.25. The van der Waals surface area contributed by atoms with E-state index in [0.29, 0.717) is 12.5 Å². The number of hydrogen-bond acceptors (Lipinski definition) is 6. The molecule has 0 radical (unpaired) electrons. The van der Waals surface area contributed by atoms with E-state index in [0.717, 1.165) is 81.3 Å². The molecule has 7 heteroatoms. The summed E-state index contributed by atoms with van der Waals surface area (Å²) in [6.45, 7) is 6.98. The van der Waals surface area contributed by atoms with E-state index in [1.165, 1.54) is 5.69 Å². The van der Waals surface area contributed by atoms with E-state index in [4.69, 9.17) is 9.97 Å². The molecule has 0 aliphatic carbocycles. The summed E-state index contributed by atoms with van der Waals surface area (Å²) in [7, 11) is 4.31. The molecule has 3 heterocycles. The molecule has 0 unspecified atom stereocenters. The first-order chi connectivity index (χ1) is 15.5. The minimum atomic E-state index is 0.116. The van der Waals surface area contributed by atoms with Gasteiger partial charge >= 0.3 is 0 Å². The highest BCUT2D eigenvalue weighted by molar-refractivity contribution is 5.74. The largest absolute Gasteiger partial charge is 0.375 e. The standard InChI is InChI=1S/C25H36N6O/c1-19(32)31-17-12-23-22(18-31)25(28-24(27-23)20-10-15-29(2)16-11-20)26-13-7-14-30(3)21-8-5-4-6-9-21/h4-6,8-9,20H,7,10-18H2,1-3H3,(H,26,27,28). The van der Waals surface area contributed by atoms with Crippen LogP contribution in [-0.4, -0.2) is 72.5 Å². The van der Waals surface area contributed by atoms with Gasteiger partial charge in [0.05, 0.1) is 12.2 Å². The van der Waals surface area contributed by atoms with Crippen LogP contribution in [0.2, 0.25) is 0 Å². The van der Waals surface area contributed by atoms with Crippen LogP contribution in [0.25, 0.3) is 0 Å². The monoisotopic (exact) mass is 436 g/mol. The number of hydrogen-bond donors (Lipinski definition) is 1. The van der Waals surface area contributed by atoms with Crippen LogP contribution < -0.4 is 10.2 Å². The second-order valence-corrected chi connectivity index (χ2v) is 9.16.